The van der Waals surface area contributed by atoms with Crippen LogP contribution >= 0.6 is 11.8 Å². The summed E-state index contributed by atoms with van der Waals surface area (Å²) >= 11 is 1.55. The molecule has 0 aliphatic heterocycles. The Hall–Kier alpha value is -1.53. The molecule has 2 aromatic rings. The average Bonchev–Trinajstić information content (AvgIpc) is 2.77. The molecule has 5 nitrogen and oxygen atoms in total. The van der Waals surface area contributed by atoms with E-state index in [9.17, 15) is 5.11 Å². The summed E-state index contributed by atoms with van der Waals surface area (Å²) in [5.41, 5.74) is 5.91. The van der Waals surface area contributed by atoms with Crippen LogP contribution in [0.5, 0.6) is 5.75 Å². The van der Waals surface area contributed by atoms with Gasteiger partial charge < -0.3 is 15.4 Å². The molecule has 0 bridgehead atoms. The van der Waals surface area contributed by atoms with Crippen LogP contribution < -0.4 is 5.73 Å². The highest BCUT2D eigenvalue weighted by atomic mass is 32.2. The molecule has 0 saturated carbocycles. The molecule has 0 aliphatic carbocycles. The smallest absolute Gasteiger partial charge is 0.240 e. The fourth-order valence-corrected chi connectivity index (χ4v) is 1.71. The maximum Gasteiger partial charge on any atom is 0.240 e. The first-order valence-electron chi connectivity index (χ1n) is 4.64. The number of thioether (sulfide) groups is 1. The summed E-state index contributed by atoms with van der Waals surface area (Å²) in [4.78, 5) is 5.02. The third-order valence-electron chi connectivity index (χ3n) is 2.09. The van der Waals surface area contributed by atoms with E-state index in [2.05, 4.69) is 10.1 Å². The number of phenolic OH excluding ortho intramolecular Hbond substituents is 1. The SMILES string of the molecule is CSc1ccc(-c2noc(CN)n2)c(O)c1. The van der Waals surface area contributed by atoms with E-state index in [-0.39, 0.29) is 12.3 Å². The predicted octanol–water partition coefficient (Wildman–Crippen LogP) is 1.62. The van der Waals surface area contributed by atoms with Crippen LogP contribution in [0.25, 0.3) is 11.4 Å². The van der Waals surface area contributed by atoms with Gasteiger partial charge in [0.25, 0.3) is 0 Å². The van der Waals surface area contributed by atoms with Gasteiger partial charge in [0.2, 0.25) is 11.7 Å². The number of aromatic nitrogens is 2. The highest BCUT2D eigenvalue weighted by Crippen LogP contribution is 2.30. The maximum atomic E-state index is 9.79. The highest BCUT2D eigenvalue weighted by Gasteiger charge is 2.11. The normalized spacial score (nSPS) is 10.6. The van der Waals surface area contributed by atoms with Crippen molar-refractivity contribution in [3.8, 4) is 17.1 Å². The molecule has 0 amide bonds. The molecule has 0 aliphatic rings. The number of nitrogens with zero attached hydrogens (tertiary/aromatic N) is 2. The van der Waals surface area contributed by atoms with Crippen molar-refractivity contribution in [1.82, 2.24) is 10.1 Å². The zero-order valence-corrected chi connectivity index (χ0v) is 9.49. The van der Waals surface area contributed by atoms with E-state index >= 15 is 0 Å². The summed E-state index contributed by atoms with van der Waals surface area (Å²) in [6.07, 6.45) is 1.94. The van der Waals surface area contributed by atoms with Gasteiger partial charge in [0.05, 0.1) is 12.1 Å². The molecule has 2 rings (SSSR count). The van der Waals surface area contributed by atoms with Crippen molar-refractivity contribution < 1.29 is 9.63 Å². The van der Waals surface area contributed by atoms with Crippen LogP contribution in [-0.4, -0.2) is 21.5 Å². The average molecular weight is 237 g/mol. The molecule has 0 saturated heterocycles. The molecule has 1 aromatic carbocycles. The molecule has 16 heavy (non-hydrogen) atoms. The molecule has 0 spiro atoms. The number of rotatable bonds is 3. The predicted molar refractivity (Wildman–Crippen MR) is 61.1 cm³/mol. The lowest BCUT2D eigenvalue weighted by Crippen LogP contribution is -1.95. The molecule has 1 heterocycles. The third-order valence-corrected chi connectivity index (χ3v) is 2.81. The first-order chi connectivity index (χ1) is 7.74. The molecular formula is C10H11N3O2S. The van der Waals surface area contributed by atoms with Gasteiger partial charge >= 0.3 is 0 Å². The molecule has 0 atom stereocenters. The first kappa shape index (κ1) is 11.0. The van der Waals surface area contributed by atoms with Gasteiger partial charge in [0.15, 0.2) is 0 Å². The molecule has 0 fully saturated rings. The van der Waals surface area contributed by atoms with Gasteiger partial charge in [-0.25, -0.2) is 0 Å². The van der Waals surface area contributed by atoms with E-state index in [0.29, 0.717) is 17.3 Å². The van der Waals surface area contributed by atoms with Crippen LogP contribution in [0.2, 0.25) is 0 Å². The minimum Gasteiger partial charge on any atom is -0.507 e. The van der Waals surface area contributed by atoms with Crippen molar-refractivity contribution in [1.29, 1.82) is 0 Å². The van der Waals surface area contributed by atoms with Gasteiger partial charge in [0, 0.05) is 4.90 Å². The van der Waals surface area contributed by atoms with Gasteiger partial charge in [-0.05, 0) is 24.5 Å². The maximum absolute atomic E-state index is 9.79. The minimum atomic E-state index is 0.135. The molecule has 84 valence electrons. The quantitative estimate of drug-likeness (QED) is 0.789. The number of benzene rings is 1. The summed E-state index contributed by atoms with van der Waals surface area (Å²) in [7, 11) is 0. The minimum absolute atomic E-state index is 0.135. The van der Waals surface area contributed by atoms with Crippen LogP contribution in [0.3, 0.4) is 0 Å². The van der Waals surface area contributed by atoms with Crippen molar-refractivity contribution in [2.45, 2.75) is 11.4 Å². The zero-order valence-electron chi connectivity index (χ0n) is 8.67. The van der Waals surface area contributed by atoms with E-state index in [1.54, 1.807) is 23.9 Å². The van der Waals surface area contributed by atoms with Crippen molar-refractivity contribution in [2.24, 2.45) is 5.73 Å². The number of hydrogen-bond donors (Lipinski definition) is 2. The van der Waals surface area contributed by atoms with Crippen molar-refractivity contribution in [3.05, 3.63) is 24.1 Å². The fraction of sp³-hybridized carbons (Fsp3) is 0.200. The fourth-order valence-electron chi connectivity index (χ4n) is 1.27. The Kier molecular flexibility index (Phi) is 3.12. The van der Waals surface area contributed by atoms with Gasteiger partial charge in [0.1, 0.15) is 5.75 Å². The lowest BCUT2D eigenvalue weighted by atomic mass is 10.2. The second-order valence-corrected chi connectivity index (χ2v) is 3.98. The number of aromatic hydroxyl groups is 1. The van der Waals surface area contributed by atoms with Crippen LogP contribution in [0, 0.1) is 0 Å². The Bertz CT molecular complexity index is 499. The summed E-state index contributed by atoms with van der Waals surface area (Å²) in [6.45, 7) is 0.191. The Morgan fingerprint density at radius 2 is 2.31 bits per heavy atom. The van der Waals surface area contributed by atoms with E-state index in [1.807, 2.05) is 12.3 Å². The van der Waals surface area contributed by atoms with Crippen molar-refractivity contribution >= 4 is 11.8 Å². The molecular weight excluding hydrogens is 226 g/mol. The second kappa shape index (κ2) is 4.54. The van der Waals surface area contributed by atoms with Crippen LogP contribution in [0.4, 0.5) is 0 Å². The van der Waals surface area contributed by atoms with Gasteiger partial charge in [-0.15, -0.1) is 11.8 Å². The summed E-state index contributed by atoms with van der Waals surface area (Å²) in [5.74, 6) is 0.838. The molecule has 0 radical (unpaired) electrons. The summed E-state index contributed by atoms with van der Waals surface area (Å²) in [6, 6.07) is 5.31. The molecule has 6 heteroatoms. The Morgan fingerprint density at radius 3 is 2.88 bits per heavy atom. The second-order valence-electron chi connectivity index (χ2n) is 3.10. The third kappa shape index (κ3) is 2.02. The largest absolute Gasteiger partial charge is 0.507 e. The molecule has 1 aromatic heterocycles. The Morgan fingerprint density at radius 1 is 1.50 bits per heavy atom. The van der Waals surface area contributed by atoms with Crippen LogP contribution in [0.15, 0.2) is 27.6 Å². The van der Waals surface area contributed by atoms with Crippen LogP contribution in [0.1, 0.15) is 5.89 Å². The van der Waals surface area contributed by atoms with Gasteiger partial charge in [-0.2, -0.15) is 4.98 Å². The standard InChI is InChI=1S/C10H11N3O2S/c1-16-6-2-3-7(8(14)4-6)10-12-9(5-11)15-13-10/h2-4,14H,5,11H2,1H3. The Balaban J connectivity index is 2.40. The van der Waals surface area contributed by atoms with Gasteiger partial charge in [-0.1, -0.05) is 5.16 Å². The Labute approximate surface area is 96.7 Å². The lowest BCUT2D eigenvalue weighted by molar-refractivity contribution is 0.380. The van der Waals surface area contributed by atoms with Crippen molar-refractivity contribution in [3.63, 3.8) is 0 Å². The number of nitrogens with two attached hydrogens (primary N) is 1. The first-order valence-corrected chi connectivity index (χ1v) is 5.87. The topological polar surface area (TPSA) is 85.2 Å². The monoisotopic (exact) mass is 237 g/mol. The van der Waals surface area contributed by atoms with E-state index in [4.69, 9.17) is 10.3 Å². The van der Waals surface area contributed by atoms with Crippen LogP contribution in [-0.2, 0) is 6.54 Å². The van der Waals surface area contributed by atoms with E-state index in [0.717, 1.165) is 4.90 Å². The number of phenols is 1. The van der Waals surface area contributed by atoms with E-state index < -0.39 is 0 Å². The lowest BCUT2D eigenvalue weighted by Gasteiger charge is -2.01. The van der Waals surface area contributed by atoms with Gasteiger partial charge in [-0.3, -0.25) is 0 Å². The summed E-state index contributed by atoms with van der Waals surface area (Å²) in [5, 5.41) is 13.5. The molecule has 3 N–H and O–H groups in total. The summed E-state index contributed by atoms with van der Waals surface area (Å²) < 4.78 is 4.88. The molecule has 0 unspecified atom stereocenters. The zero-order chi connectivity index (χ0) is 11.5. The van der Waals surface area contributed by atoms with Crippen molar-refractivity contribution in [2.75, 3.05) is 6.26 Å². The van der Waals surface area contributed by atoms with E-state index in [1.165, 1.54) is 0 Å². The number of hydrogen-bond acceptors (Lipinski definition) is 6. The highest BCUT2D eigenvalue weighted by molar-refractivity contribution is 7.98.